The van der Waals surface area contributed by atoms with Gasteiger partial charge in [0, 0.05) is 12.6 Å². The van der Waals surface area contributed by atoms with Crippen LogP contribution in [-0.4, -0.2) is 79.2 Å². The number of carbonyl (C=O) groups is 3. The Kier molecular flexibility index (Phi) is 9.11. The number of methoxy groups -OCH3 is 1. The third kappa shape index (κ3) is 6.83. The third-order valence-electron chi connectivity index (χ3n) is 9.99. The summed E-state index contributed by atoms with van der Waals surface area (Å²) in [6.45, 7) is 6.29. The Bertz CT molecular complexity index is 1840. The Morgan fingerprint density at radius 2 is 1.36 bits per heavy atom. The topological polar surface area (TPSA) is 146 Å². The van der Waals surface area contributed by atoms with Gasteiger partial charge in [-0.1, -0.05) is 48.5 Å². The molecular weight excluding hydrogens is 634 g/mol. The quantitative estimate of drug-likeness (QED) is 0.196. The molecule has 0 radical (unpaired) electrons. The van der Waals surface area contributed by atoms with Crippen LogP contribution in [0.1, 0.15) is 89.4 Å². The van der Waals surface area contributed by atoms with E-state index >= 15 is 0 Å². The molecule has 5 heterocycles. The number of amides is 3. The van der Waals surface area contributed by atoms with Crippen molar-refractivity contribution in [1.29, 1.82) is 0 Å². The molecule has 0 aliphatic carbocycles. The summed E-state index contributed by atoms with van der Waals surface area (Å²) < 4.78 is 10.4. The number of fused-ring (bicyclic) bond motifs is 1. The van der Waals surface area contributed by atoms with Crippen LogP contribution in [0.4, 0.5) is 9.59 Å². The van der Waals surface area contributed by atoms with Crippen LogP contribution < -0.4 is 5.32 Å². The summed E-state index contributed by atoms with van der Waals surface area (Å²) in [6, 6.07) is 16.0. The minimum Gasteiger partial charge on any atom is -0.453 e. The fraction of sp³-hybridized carbons (Fsp3) is 0.447. The molecule has 3 N–H and O–H groups in total. The minimum atomic E-state index is -0.588. The number of hydrogen-bond acceptors (Lipinski definition) is 7. The Hall–Kier alpha value is -5.13. The highest BCUT2D eigenvalue weighted by Gasteiger charge is 2.43. The number of H-pyrrole nitrogens is 2. The highest BCUT2D eigenvalue weighted by Crippen LogP contribution is 2.40. The van der Waals surface area contributed by atoms with Gasteiger partial charge >= 0.3 is 12.2 Å². The number of carbonyl (C=O) groups excluding carboxylic acids is 3. The molecule has 7 rings (SSSR count). The van der Waals surface area contributed by atoms with E-state index in [0.717, 1.165) is 83.8 Å². The predicted molar refractivity (Wildman–Crippen MR) is 188 cm³/mol. The van der Waals surface area contributed by atoms with Crippen LogP contribution in [-0.2, 0) is 14.3 Å². The maximum atomic E-state index is 13.5. The van der Waals surface area contributed by atoms with E-state index in [1.165, 1.54) is 7.11 Å². The molecule has 4 unspecified atom stereocenters. The zero-order chi connectivity index (χ0) is 35.0. The molecule has 3 fully saturated rings. The number of rotatable bonds is 6. The lowest BCUT2D eigenvalue weighted by atomic mass is 10.0. The van der Waals surface area contributed by atoms with Gasteiger partial charge in [-0.3, -0.25) is 9.69 Å². The maximum absolute atomic E-state index is 13.5. The van der Waals surface area contributed by atoms with Crippen LogP contribution in [0.3, 0.4) is 0 Å². The first kappa shape index (κ1) is 33.4. The van der Waals surface area contributed by atoms with E-state index in [2.05, 4.69) is 68.8 Å². The van der Waals surface area contributed by atoms with Gasteiger partial charge in [-0.05, 0) is 88.0 Å². The SMILES string of the molecule is COC(=O)NC1CCCC2CCC(c3ncc(-c4ccc(-c5ccc(-c6cnc(C7CCCN7C(=O)OC(C)(C)C)[nH]6)cc5)cc4)[nH]3)N2C1=O. The molecule has 4 aromatic rings. The number of nitrogens with one attached hydrogen (secondary N) is 3. The number of benzene rings is 2. The molecule has 0 bridgehead atoms. The Balaban J connectivity index is 1.01. The molecule has 3 aliphatic heterocycles. The summed E-state index contributed by atoms with van der Waals surface area (Å²) in [5.41, 5.74) is 5.43. The van der Waals surface area contributed by atoms with E-state index in [0.29, 0.717) is 13.0 Å². The molecule has 2 aromatic heterocycles. The Labute approximate surface area is 292 Å². The zero-order valence-electron chi connectivity index (χ0n) is 29.1. The normalized spacial score (nSPS) is 22.3. The van der Waals surface area contributed by atoms with Crippen molar-refractivity contribution in [1.82, 2.24) is 35.1 Å². The molecule has 50 heavy (non-hydrogen) atoms. The third-order valence-corrected chi connectivity index (χ3v) is 9.99. The van der Waals surface area contributed by atoms with E-state index in [4.69, 9.17) is 14.5 Å². The van der Waals surface area contributed by atoms with Crippen molar-refractivity contribution in [2.24, 2.45) is 0 Å². The van der Waals surface area contributed by atoms with Crippen molar-refractivity contribution in [2.45, 2.75) is 95.5 Å². The molecule has 262 valence electrons. The standard InChI is InChI=1S/C38H45N7O5/c1-38(2,3)50-37(48)44-20-6-9-31(44)33-39-21-29(41-33)25-14-10-23(11-15-25)24-12-16-26(17-13-24)30-22-40-34(42-30)32-19-18-27-7-5-8-28(35(46)45(27)32)43-36(47)49-4/h10-17,21-22,27-28,31-32H,5-9,18-20H2,1-4H3,(H,39,41)(H,40,42)(H,43,47). The molecule has 4 atom stereocenters. The number of alkyl carbamates (subject to hydrolysis) is 1. The highest BCUT2D eigenvalue weighted by molar-refractivity contribution is 5.86. The van der Waals surface area contributed by atoms with Gasteiger partial charge < -0.3 is 29.7 Å². The van der Waals surface area contributed by atoms with Gasteiger partial charge in [0.15, 0.2) is 0 Å². The van der Waals surface area contributed by atoms with Crippen LogP contribution in [0.15, 0.2) is 60.9 Å². The van der Waals surface area contributed by atoms with E-state index in [1.54, 1.807) is 4.90 Å². The fourth-order valence-electron chi connectivity index (χ4n) is 7.54. The largest absolute Gasteiger partial charge is 0.453 e. The van der Waals surface area contributed by atoms with Gasteiger partial charge in [-0.2, -0.15) is 0 Å². The van der Waals surface area contributed by atoms with Crippen molar-refractivity contribution in [2.75, 3.05) is 13.7 Å². The van der Waals surface area contributed by atoms with E-state index < -0.39 is 17.7 Å². The number of aromatic amines is 2. The van der Waals surface area contributed by atoms with Gasteiger partial charge in [-0.15, -0.1) is 0 Å². The molecule has 3 amide bonds. The summed E-state index contributed by atoms with van der Waals surface area (Å²) in [5.74, 6) is 1.47. The lowest BCUT2D eigenvalue weighted by molar-refractivity contribution is -0.135. The summed E-state index contributed by atoms with van der Waals surface area (Å²) >= 11 is 0. The van der Waals surface area contributed by atoms with Crippen molar-refractivity contribution < 1.29 is 23.9 Å². The Morgan fingerprint density at radius 1 is 0.780 bits per heavy atom. The highest BCUT2D eigenvalue weighted by atomic mass is 16.6. The molecule has 3 saturated heterocycles. The second-order valence-electron chi connectivity index (χ2n) is 14.5. The first-order chi connectivity index (χ1) is 24.1. The minimum absolute atomic E-state index is 0.0691. The molecule has 0 spiro atoms. The molecule has 2 aromatic carbocycles. The van der Waals surface area contributed by atoms with E-state index in [9.17, 15) is 14.4 Å². The average Bonchev–Trinajstić information content (AvgIpc) is 3.92. The zero-order valence-corrected chi connectivity index (χ0v) is 29.1. The lowest BCUT2D eigenvalue weighted by Crippen LogP contribution is -2.49. The number of nitrogens with zero attached hydrogens (tertiary/aromatic N) is 4. The summed E-state index contributed by atoms with van der Waals surface area (Å²) in [7, 11) is 1.31. The maximum Gasteiger partial charge on any atom is 0.410 e. The van der Waals surface area contributed by atoms with Crippen LogP contribution in [0.5, 0.6) is 0 Å². The van der Waals surface area contributed by atoms with Gasteiger partial charge in [0.05, 0.1) is 43.0 Å². The second-order valence-corrected chi connectivity index (χ2v) is 14.5. The predicted octanol–water partition coefficient (Wildman–Crippen LogP) is 7.15. The number of ether oxygens (including phenoxy) is 2. The fourth-order valence-corrected chi connectivity index (χ4v) is 7.54. The number of likely N-dealkylation sites (tertiary alicyclic amines) is 1. The molecule has 12 heteroatoms. The smallest absolute Gasteiger partial charge is 0.410 e. The van der Waals surface area contributed by atoms with Gasteiger partial charge in [0.1, 0.15) is 23.3 Å². The van der Waals surface area contributed by atoms with Crippen LogP contribution in [0.25, 0.3) is 33.6 Å². The van der Waals surface area contributed by atoms with Crippen LogP contribution in [0.2, 0.25) is 0 Å². The average molecular weight is 680 g/mol. The number of imidazole rings is 2. The molecule has 3 aliphatic rings. The summed E-state index contributed by atoms with van der Waals surface area (Å²) in [5, 5.41) is 2.72. The molecular formula is C38H45N7O5. The lowest BCUT2D eigenvalue weighted by Gasteiger charge is -2.30. The van der Waals surface area contributed by atoms with Crippen molar-refractivity contribution in [3.63, 3.8) is 0 Å². The summed E-state index contributed by atoms with van der Waals surface area (Å²) in [4.78, 5) is 58.2. The first-order valence-corrected chi connectivity index (χ1v) is 17.6. The van der Waals surface area contributed by atoms with Crippen molar-refractivity contribution in [3.05, 3.63) is 72.6 Å². The number of aromatic nitrogens is 4. The van der Waals surface area contributed by atoms with Gasteiger partial charge in [-0.25, -0.2) is 19.6 Å². The Morgan fingerprint density at radius 3 is 1.94 bits per heavy atom. The van der Waals surface area contributed by atoms with Crippen LogP contribution >= 0.6 is 0 Å². The molecule has 12 nitrogen and oxygen atoms in total. The van der Waals surface area contributed by atoms with E-state index in [-0.39, 0.29) is 30.1 Å². The van der Waals surface area contributed by atoms with Gasteiger partial charge in [0.2, 0.25) is 5.91 Å². The van der Waals surface area contributed by atoms with E-state index in [1.807, 2.05) is 38.1 Å². The molecule has 0 saturated carbocycles. The summed E-state index contributed by atoms with van der Waals surface area (Å²) in [6.07, 6.45) is 8.65. The van der Waals surface area contributed by atoms with Gasteiger partial charge in [0.25, 0.3) is 0 Å². The monoisotopic (exact) mass is 679 g/mol. The van der Waals surface area contributed by atoms with Crippen molar-refractivity contribution >= 4 is 18.1 Å². The van der Waals surface area contributed by atoms with Crippen molar-refractivity contribution in [3.8, 4) is 33.6 Å². The number of hydrogen-bond donors (Lipinski definition) is 3. The second kappa shape index (κ2) is 13.6. The first-order valence-electron chi connectivity index (χ1n) is 17.6. The van der Waals surface area contributed by atoms with Crippen LogP contribution in [0, 0.1) is 0 Å².